The van der Waals surface area contributed by atoms with Crippen molar-refractivity contribution in [2.24, 2.45) is 16.6 Å². The van der Waals surface area contributed by atoms with Crippen LogP contribution >= 0.6 is 0 Å². The summed E-state index contributed by atoms with van der Waals surface area (Å²) >= 11 is 0. The molecule has 0 fully saturated rings. The van der Waals surface area contributed by atoms with Gasteiger partial charge in [-0.05, 0) is 18.1 Å². The Morgan fingerprint density at radius 3 is 2.73 bits per heavy atom. The Morgan fingerprint density at radius 2 is 2.13 bits per heavy atom. The van der Waals surface area contributed by atoms with Gasteiger partial charge in [0.15, 0.2) is 5.96 Å². The third-order valence-electron chi connectivity index (χ3n) is 1.93. The highest BCUT2D eigenvalue weighted by Gasteiger charge is 1.98. The monoisotopic (exact) mass is 207 g/mol. The second kappa shape index (κ2) is 6.03. The summed E-state index contributed by atoms with van der Waals surface area (Å²) in [6, 6.07) is 9.61. The molecule has 0 aromatic heterocycles. The maximum Gasteiger partial charge on any atom is 0.193 e. The number of aliphatic hydroxyl groups excluding tert-OH is 1. The maximum atomic E-state index is 8.81. The molecule has 4 N–H and O–H groups in total. The van der Waals surface area contributed by atoms with Crippen LogP contribution in [0.3, 0.4) is 0 Å². The zero-order valence-corrected chi connectivity index (χ0v) is 8.85. The first-order chi connectivity index (χ1) is 7.22. The van der Waals surface area contributed by atoms with Gasteiger partial charge < -0.3 is 16.2 Å². The summed E-state index contributed by atoms with van der Waals surface area (Å²) in [6.07, 6.45) is 0. The summed E-state index contributed by atoms with van der Waals surface area (Å²) in [6.45, 7) is 2.57. The van der Waals surface area contributed by atoms with E-state index in [0.717, 1.165) is 5.69 Å². The number of rotatable bonds is 4. The molecular formula is C11H17N3O. The number of aliphatic hydroxyl groups is 1. The van der Waals surface area contributed by atoms with Gasteiger partial charge in [0.25, 0.3) is 0 Å². The third kappa shape index (κ3) is 4.46. The van der Waals surface area contributed by atoms with Gasteiger partial charge in [0.05, 0.1) is 0 Å². The average molecular weight is 207 g/mol. The molecule has 0 saturated carbocycles. The molecule has 0 aliphatic heterocycles. The van der Waals surface area contributed by atoms with Crippen LogP contribution in [-0.4, -0.2) is 24.2 Å². The Bertz CT molecular complexity index is 311. The summed E-state index contributed by atoms with van der Waals surface area (Å²) in [5.74, 6) is 0.516. The lowest BCUT2D eigenvalue weighted by Gasteiger charge is -2.07. The van der Waals surface area contributed by atoms with E-state index in [4.69, 9.17) is 10.8 Å². The topological polar surface area (TPSA) is 70.6 Å². The fraction of sp³-hybridized carbons (Fsp3) is 0.364. The quantitative estimate of drug-likeness (QED) is 0.510. The predicted octanol–water partition coefficient (Wildman–Crippen LogP) is 1.04. The fourth-order valence-corrected chi connectivity index (χ4v) is 1.02. The number of nitrogens with two attached hydrogens (primary N) is 1. The molecule has 0 spiro atoms. The summed E-state index contributed by atoms with van der Waals surface area (Å²) in [5, 5.41) is 11.8. The second-order valence-corrected chi connectivity index (χ2v) is 3.50. The fourth-order valence-electron chi connectivity index (χ4n) is 1.02. The lowest BCUT2D eigenvalue weighted by Crippen LogP contribution is -2.23. The van der Waals surface area contributed by atoms with E-state index in [-0.39, 0.29) is 12.5 Å². The highest BCUT2D eigenvalue weighted by molar-refractivity contribution is 5.92. The molecule has 1 atom stereocenters. The molecule has 15 heavy (non-hydrogen) atoms. The van der Waals surface area contributed by atoms with Crippen molar-refractivity contribution in [2.45, 2.75) is 6.92 Å². The van der Waals surface area contributed by atoms with Gasteiger partial charge in [-0.2, -0.15) is 0 Å². The van der Waals surface area contributed by atoms with Crippen molar-refractivity contribution in [3.05, 3.63) is 30.3 Å². The molecule has 0 saturated heterocycles. The summed E-state index contributed by atoms with van der Waals surface area (Å²) in [7, 11) is 0. The average Bonchev–Trinajstić information content (AvgIpc) is 2.27. The minimum atomic E-state index is 0.127. The number of aliphatic imine (C=N–C) groups is 1. The van der Waals surface area contributed by atoms with E-state index in [1.54, 1.807) is 0 Å². The summed E-state index contributed by atoms with van der Waals surface area (Å²) < 4.78 is 0. The Balaban J connectivity index is 2.45. The van der Waals surface area contributed by atoms with E-state index in [1.165, 1.54) is 0 Å². The Labute approximate surface area is 89.8 Å². The van der Waals surface area contributed by atoms with Crippen LogP contribution in [0.4, 0.5) is 5.69 Å². The molecule has 1 unspecified atom stereocenters. The van der Waals surface area contributed by atoms with Crippen molar-refractivity contribution >= 4 is 11.6 Å². The van der Waals surface area contributed by atoms with Gasteiger partial charge in [-0.25, -0.2) is 0 Å². The number of anilines is 1. The lowest BCUT2D eigenvalue weighted by molar-refractivity contribution is 0.242. The zero-order valence-electron chi connectivity index (χ0n) is 8.85. The Kier molecular flexibility index (Phi) is 4.63. The van der Waals surface area contributed by atoms with Gasteiger partial charge in [-0.15, -0.1) is 0 Å². The zero-order chi connectivity index (χ0) is 11.1. The standard InChI is InChI=1S/C11H17N3O/c1-9(8-15)7-13-11(12)14-10-5-3-2-4-6-10/h2-6,9,15H,7-8H2,1H3,(H3,12,13,14). The molecule has 1 aromatic rings. The summed E-state index contributed by atoms with van der Waals surface area (Å²) in [4.78, 5) is 4.11. The first-order valence-electron chi connectivity index (χ1n) is 4.95. The van der Waals surface area contributed by atoms with Gasteiger partial charge in [0.2, 0.25) is 0 Å². The van der Waals surface area contributed by atoms with E-state index in [2.05, 4.69) is 10.3 Å². The highest BCUT2D eigenvalue weighted by Crippen LogP contribution is 2.04. The molecule has 0 aliphatic rings. The van der Waals surface area contributed by atoms with Crippen LogP contribution in [-0.2, 0) is 0 Å². The van der Waals surface area contributed by atoms with Crippen LogP contribution in [0.25, 0.3) is 0 Å². The normalized spacial score (nSPS) is 13.6. The largest absolute Gasteiger partial charge is 0.396 e. The molecule has 4 nitrogen and oxygen atoms in total. The SMILES string of the molecule is CC(CO)CN=C(N)Nc1ccccc1. The first-order valence-corrected chi connectivity index (χ1v) is 4.95. The van der Waals surface area contributed by atoms with Crippen LogP contribution < -0.4 is 11.1 Å². The highest BCUT2D eigenvalue weighted by atomic mass is 16.3. The Morgan fingerprint density at radius 1 is 1.47 bits per heavy atom. The number of nitrogens with zero attached hydrogens (tertiary/aromatic N) is 1. The molecule has 0 amide bonds. The molecule has 0 radical (unpaired) electrons. The molecule has 1 rings (SSSR count). The number of benzene rings is 1. The maximum absolute atomic E-state index is 8.81. The third-order valence-corrected chi connectivity index (χ3v) is 1.93. The number of hydrogen-bond acceptors (Lipinski definition) is 2. The molecule has 4 heteroatoms. The first kappa shape index (κ1) is 11.5. The van der Waals surface area contributed by atoms with Gasteiger partial charge in [-0.3, -0.25) is 4.99 Å². The van der Waals surface area contributed by atoms with Crippen LogP contribution in [0.2, 0.25) is 0 Å². The van der Waals surface area contributed by atoms with E-state index in [1.807, 2.05) is 37.3 Å². The molecule has 0 aliphatic carbocycles. The van der Waals surface area contributed by atoms with Gasteiger partial charge in [-0.1, -0.05) is 25.1 Å². The van der Waals surface area contributed by atoms with Crippen LogP contribution in [0, 0.1) is 5.92 Å². The van der Waals surface area contributed by atoms with E-state index < -0.39 is 0 Å². The molecule has 82 valence electrons. The van der Waals surface area contributed by atoms with E-state index >= 15 is 0 Å². The van der Waals surface area contributed by atoms with E-state index in [0.29, 0.717) is 12.5 Å². The smallest absolute Gasteiger partial charge is 0.193 e. The van der Waals surface area contributed by atoms with E-state index in [9.17, 15) is 0 Å². The van der Waals surface area contributed by atoms with Crippen LogP contribution in [0.5, 0.6) is 0 Å². The van der Waals surface area contributed by atoms with Crippen molar-refractivity contribution in [3.63, 3.8) is 0 Å². The van der Waals surface area contributed by atoms with Crippen LogP contribution in [0.15, 0.2) is 35.3 Å². The van der Waals surface area contributed by atoms with Crippen molar-refractivity contribution in [1.82, 2.24) is 0 Å². The van der Waals surface area contributed by atoms with Crippen LogP contribution in [0.1, 0.15) is 6.92 Å². The predicted molar refractivity (Wildman–Crippen MR) is 62.8 cm³/mol. The molecule has 0 bridgehead atoms. The Hall–Kier alpha value is -1.55. The lowest BCUT2D eigenvalue weighted by atomic mass is 10.2. The van der Waals surface area contributed by atoms with Crippen molar-refractivity contribution in [2.75, 3.05) is 18.5 Å². The van der Waals surface area contributed by atoms with Gasteiger partial charge in [0, 0.05) is 18.8 Å². The molecule has 1 aromatic carbocycles. The van der Waals surface area contributed by atoms with Crippen molar-refractivity contribution in [3.8, 4) is 0 Å². The van der Waals surface area contributed by atoms with Crippen molar-refractivity contribution in [1.29, 1.82) is 0 Å². The number of nitrogens with one attached hydrogen (secondary N) is 1. The molecule has 0 heterocycles. The summed E-state index contributed by atoms with van der Waals surface area (Å²) in [5.41, 5.74) is 6.58. The minimum absolute atomic E-state index is 0.127. The number of para-hydroxylation sites is 1. The number of guanidine groups is 1. The molecular weight excluding hydrogens is 190 g/mol. The van der Waals surface area contributed by atoms with Gasteiger partial charge >= 0.3 is 0 Å². The number of hydrogen-bond donors (Lipinski definition) is 3. The van der Waals surface area contributed by atoms with Crippen molar-refractivity contribution < 1.29 is 5.11 Å². The minimum Gasteiger partial charge on any atom is -0.396 e. The second-order valence-electron chi connectivity index (χ2n) is 3.50. The van der Waals surface area contributed by atoms with Gasteiger partial charge in [0.1, 0.15) is 0 Å².